The minimum absolute atomic E-state index is 0.135. The Kier molecular flexibility index (Phi) is 6.03. The summed E-state index contributed by atoms with van der Waals surface area (Å²) in [5.41, 5.74) is -0.326. The molecule has 0 aliphatic carbocycles. The van der Waals surface area contributed by atoms with Gasteiger partial charge in [0.05, 0.1) is 0 Å². The molecule has 0 aliphatic rings. The summed E-state index contributed by atoms with van der Waals surface area (Å²) in [4.78, 5) is 24.7. The van der Waals surface area contributed by atoms with Crippen LogP contribution in [-0.2, 0) is 0 Å². The van der Waals surface area contributed by atoms with E-state index in [0.717, 1.165) is 18.2 Å². The molecule has 2 aromatic rings. The number of carbonyl (C=O) groups is 1. The summed E-state index contributed by atoms with van der Waals surface area (Å²) in [6, 6.07) is 2.75. The third kappa shape index (κ3) is 7.21. The summed E-state index contributed by atoms with van der Waals surface area (Å²) in [6.07, 6.45) is -9.36. The molecule has 0 saturated heterocycles. The lowest BCUT2D eigenvalue weighted by atomic mass is 10.2. The molecule has 13 heteroatoms. The van der Waals surface area contributed by atoms with Gasteiger partial charge in [-0.15, -0.1) is 0 Å². The molecule has 27 heavy (non-hydrogen) atoms. The fraction of sp³-hybridized carbons (Fsp3) is 0.286. The smallest absolute Gasteiger partial charge is 0.422 e. The summed E-state index contributed by atoms with van der Waals surface area (Å²) in [7, 11) is 0. The van der Waals surface area contributed by atoms with Crippen LogP contribution in [-0.4, -0.2) is 36.5 Å². The van der Waals surface area contributed by atoms with E-state index < -0.39 is 47.8 Å². The van der Waals surface area contributed by atoms with Crippen molar-refractivity contribution in [2.45, 2.75) is 12.4 Å². The maximum absolute atomic E-state index is 12.3. The summed E-state index contributed by atoms with van der Waals surface area (Å²) in [5.74, 6) is -1.77. The summed E-state index contributed by atoms with van der Waals surface area (Å²) < 4.78 is 82.6. The molecule has 1 amide bonds. The van der Waals surface area contributed by atoms with Crippen LogP contribution in [0.15, 0.2) is 28.4 Å². The number of hydrogen-bond donors (Lipinski definition) is 2. The third-order valence-corrected chi connectivity index (χ3v) is 3.38. The Morgan fingerprint density at radius 1 is 1.00 bits per heavy atom. The Morgan fingerprint density at radius 2 is 1.52 bits per heavy atom. The van der Waals surface area contributed by atoms with Crippen LogP contribution >= 0.6 is 11.3 Å². The van der Waals surface area contributed by atoms with Crippen LogP contribution in [0.4, 0.5) is 32.0 Å². The van der Waals surface area contributed by atoms with Gasteiger partial charge in [-0.2, -0.15) is 26.3 Å². The van der Waals surface area contributed by atoms with Gasteiger partial charge in [0.2, 0.25) is 0 Å². The van der Waals surface area contributed by atoms with Gasteiger partial charge in [-0.25, -0.2) is 0 Å². The molecule has 1 aromatic carbocycles. The van der Waals surface area contributed by atoms with Gasteiger partial charge < -0.3 is 19.8 Å². The van der Waals surface area contributed by atoms with Gasteiger partial charge in [-0.3, -0.25) is 9.59 Å². The lowest BCUT2D eigenvalue weighted by Gasteiger charge is -2.14. The van der Waals surface area contributed by atoms with Gasteiger partial charge in [-0.05, 0) is 0 Å². The number of ether oxygens (including phenoxy) is 2. The maximum Gasteiger partial charge on any atom is 0.422 e. The lowest BCUT2D eigenvalue weighted by molar-refractivity contribution is -0.153. The first-order valence-corrected chi connectivity index (χ1v) is 7.83. The highest BCUT2D eigenvalue weighted by atomic mass is 32.1. The number of amides is 1. The molecule has 0 saturated carbocycles. The Labute approximate surface area is 150 Å². The molecule has 148 valence electrons. The first-order chi connectivity index (χ1) is 12.4. The minimum Gasteiger partial charge on any atom is -0.484 e. The first kappa shape index (κ1) is 20.6. The number of hydrogen-bond acceptors (Lipinski definition) is 5. The second-order valence-electron chi connectivity index (χ2n) is 5.02. The van der Waals surface area contributed by atoms with Crippen molar-refractivity contribution in [1.29, 1.82) is 0 Å². The largest absolute Gasteiger partial charge is 0.484 e. The predicted molar refractivity (Wildman–Crippen MR) is 82.4 cm³/mol. The van der Waals surface area contributed by atoms with Gasteiger partial charge in [0, 0.05) is 29.3 Å². The fourth-order valence-electron chi connectivity index (χ4n) is 1.73. The van der Waals surface area contributed by atoms with Crippen molar-refractivity contribution in [2.75, 3.05) is 18.5 Å². The predicted octanol–water partition coefficient (Wildman–Crippen LogP) is 3.57. The van der Waals surface area contributed by atoms with Crippen molar-refractivity contribution >= 4 is 22.9 Å². The SMILES string of the molecule is O=C(Nc1cc(OCC(F)(F)F)cc(OCC(F)(F)F)c1)c1csc(=O)[nH]1. The Morgan fingerprint density at radius 3 is 1.93 bits per heavy atom. The maximum atomic E-state index is 12.3. The molecule has 2 N–H and O–H groups in total. The van der Waals surface area contributed by atoms with E-state index in [0.29, 0.717) is 11.3 Å². The number of anilines is 1. The lowest BCUT2D eigenvalue weighted by Crippen LogP contribution is -2.20. The molecular weight excluding hydrogens is 406 g/mol. The van der Waals surface area contributed by atoms with E-state index in [1.165, 1.54) is 5.38 Å². The standard InChI is InChI=1S/C14H10F6N2O4S/c15-13(16,17)5-25-8-1-7(2-9(3-8)26-6-14(18,19)20)21-11(23)10-4-27-12(24)22-10/h1-4H,5-6H2,(H,21,23)(H,22,24). The van der Waals surface area contributed by atoms with E-state index >= 15 is 0 Å². The van der Waals surface area contributed by atoms with E-state index in [-0.39, 0.29) is 11.4 Å². The number of aromatic amines is 1. The molecule has 6 nitrogen and oxygen atoms in total. The van der Waals surface area contributed by atoms with Gasteiger partial charge in [0.1, 0.15) is 17.2 Å². The van der Waals surface area contributed by atoms with Crippen molar-refractivity contribution in [2.24, 2.45) is 0 Å². The molecule has 0 spiro atoms. The highest BCUT2D eigenvalue weighted by molar-refractivity contribution is 7.07. The van der Waals surface area contributed by atoms with Crippen LogP contribution in [0.5, 0.6) is 11.5 Å². The molecule has 0 bridgehead atoms. The van der Waals surface area contributed by atoms with Crippen LogP contribution in [0, 0.1) is 0 Å². The number of rotatable bonds is 6. The average Bonchev–Trinajstić information content (AvgIpc) is 2.96. The van der Waals surface area contributed by atoms with Gasteiger partial charge in [0.25, 0.3) is 5.91 Å². The van der Waals surface area contributed by atoms with Gasteiger partial charge in [-0.1, -0.05) is 11.3 Å². The van der Waals surface area contributed by atoms with Crippen molar-refractivity contribution in [3.63, 3.8) is 0 Å². The zero-order valence-corrected chi connectivity index (χ0v) is 13.8. The normalized spacial score (nSPS) is 11.9. The van der Waals surface area contributed by atoms with Crippen LogP contribution in [0.2, 0.25) is 0 Å². The third-order valence-electron chi connectivity index (χ3n) is 2.71. The van der Waals surface area contributed by atoms with Crippen LogP contribution < -0.4 is 19.7 Å². The quantitative estimate of drug-likeness (QED) is 0.706. The summed E-state index contributed by atoms with van der Waals surface area (Å²) in [6.45, 7) is -3.39. The first-order valence-electron chi connectivity index (χ1n) is 6.95. The van der Waals surface area contributed by atoms with E-state index in [4.69, 9.17) is 0 Å². The highest BCUT2D eigenvalue weighted by Gasteiger charge is 2.30. The van der Waals surface area contributed by atoms with Crippen molar-refractivity contribution in [3.05, 3.63) is 38.9 Å². The summed E-state index contributed by atoms with van der Waals surface area (Å²) >= 11 is 0.700. The second kappa shape index (κ2) is 7.90. The molecule has 0 unspecified atom stereocenters. The van der Waals surface area contributed by atoms with E-state index in [1.54, 1.807) is 0 Å². The number of carbonyl (C=O) groups excluding carboxylic acids is 1. The monoisotopic (exact) mass is 416 g/mol. The Balaban J connectivity index is 2.22. The molecule has 1 heterocycles. The van der Waals surface area contributed by atoms with E-state index in [2.05, 4.69) is 19.8 Å². The molecule has 2 rings (SSSR count). The number of nitrogens with one attached hydrogen (secondary N) is 2. The molecule has 0 aliphatic heterocycles. The molecular formula is C14H10F6N2O4S. The van der Waals surface area contributed by atoms with E-state index in [9.17, 15) is 35.9 Å². The Hall–Kier alpha value is -2.70. The van der Waals surface area contributed by atoms with Crippen LogP contribution in [0.1, 0.15) is 10.5 Å². The number of aromatic nitrogens is 1. The number of thiazole rings is 1. The fourth-order valence-corrected chi connectivity index (χ4v) is 2.29. The molecule has 0 atom stereocenters. The van der Waals surface area contributed by atoms with Crippen LogP contribution in [0.25, 0.3) is 0 Å². The zero-order chi connectivity index (χ0) is 20.2. The van der Waals surface area contributed by atoms with Crippen molar-refractivity contribution in [3.8, 4) is 11.5 Å². The second-order valence-corrected chi connectivity index (χ2v) is 5.86. The Bertz CT molecular complexity index is 822. The minimum atomic E-state index is -4.68. The number of halogens is 6. The van der Waals surface area contributed by atoms with Crippen LogP contribution in [0.3, 0.4) is 0 Å². The summed E-state index contributed by atoms with van der Waals surface area (Å²) in [5, 5.41) is 3.42. The highest BCUT2D eigenvalue weighted by Crippen LogP contribution is 2.29. The van der Waals surface area contributed by atoms with E-state index in [1.807, 2.05) is 0 Å². The number of alkyl halides is 6. The van der Waals surface area contributed by atoms with Gasteiger partial charge >= 0.3 is 17.2 Å². The average molecular weight is 416 g/mol. The van der Waals surface area contributed by atoms with Crippen molar-refractivity contribution < 1.29 is 40.6 Å². The molecule has 0 fully saturated rings. The number of benzene rings is 1. The molecule has 1 aromatic heterocycles. The van der Waals surface area contributed by atoms with Crippen molar-refractivity contribution in [1.82, 2.24) is 4.98 Å². The zero-order valence-electron chi connectivity index (χ0n) is 13.0. The van der Waals surface area contributed by atoms with Gasteiger partial charge in [0.15, 0.2) is 13.2 Å². The number of H-pyrrole nitrogens is 1. The topological polar surface area (TPSA) is 80.4 Å². The molecule has 0 radical (unpaired) electrons.